The van der Waals surface area contributed by atoms with Crippen molar-refractivity contribution in [2.45, 2.75) is 38.6 Å². The minimum atomic E-state index is -4.71. The Balaban J connectivity index is 1.15. The van der Waals surface area contributed by atoms with Crippen molar-refractivity contribution in [3.05, 3.63) is 108 Å². The second kappa shape index (κ2) is 13.3. The summed E-state index contributed by atoms with van der Waals surface area (Å²) in [6.07, 6.45) is -0.775. The molecule has 1 unspecified atom stereocenters. The van der Waals surface area contributed by atoms with Crippen molar-refractivity contribution in [3.63, 3.8) is 0 Å². The fraction of sp³-hybridized carbons (Fsp3) is 0.281. The SMILES string of the molecule is COc1ccc(-c2c3ccc(=O)cc-3oc3cc(OCOP(=O)(O)OC[C@H]4O[C@@H](n5cc(C)c(=O)[nH]c5=O)C[C@H]4N=O)ccc23)c(C)c1. The number of ether oxygens (including phenoxy) is 3. The lowest BCUT2D eigenvalue weighted by molar-refractivity contribution is -0.0314. The fourth-order valence-electron chi connectivity index (χ4n) is 5.59. The smallest absolute Gasteiger partial charge is 0.475 e. The Morgan fingerprint density at radius 3 is 2.52 bits per heavy atom. The zero-order valence-electron chi connectivity index (χ0n) is 25.9. The van der Waals surface area contributed by atoms with Crippen LogP contribution in [0.25, 0.3) is 33.4 Å². The van der Waals surface area contributed by atoms with Gasteiger partial charge in [-0.1, -0.05) is 11.2 Å². The Kier molecular flexibility index (Phi) is 9.14. The molecule has 1 saturated heterocycles. The van der Waals surface area contributed by atoms with E-state index >= 15 is 0 Å². The van der Waals surface area contributed by atoms with Crippen molar-refractivity contribution in [2.24, 2.45) is 5.18 Å². The van der Waals surface area contributed by atoms with Crippen molar-refractivity contribution in [1.82, 2.24) is 9.55 Å². The molecular formula is C32H30N3O12P. The molecule has 1 aliphatic carbocycles. The molecule has 6 rings (SSSR count). The maximum absolute atomic E-state index is 12.6. The third-order valence-electron chi connectivity index (χ3n) is 8.01. The lowest BCUT2D eigenvalue weighted by Crippen LogP contribution is -2.33. The van der Waals surface area contributed by atoms with Crippen molar-refractivity contribution in [3.8, 4) is 33.9 Å². The van der Waals surface area contributed by atoms with E-state index in [1.54, 1.807) is 31.4 Å². The number of aromatic amines is 1. The number of aromatic nitrogens is 2. The standard InChI is InChI=1S/C32H30N3O12P/c1-17-10-20(42-3)5-8-22(17)30-23-7-4-19(36)11-26(23)46-27-12-21(6-9-24(27)30)43-16-45-48(40,41)44-15-28-25(34-39)13-29(47-28)35-14-18(2)31(37)33-32(35)38/h4-12,14,25,28-29H,13,15-16H2,1-3H3,(H,40,41)(H,33,37,38)/t25-,28-,29-/m1/s1. The Hall–Kier alpha value is -4.92. The third-order valence-corrected chi connectivity index (χ3v) is 8.91. The van der Waals surface area contributed by atoms with Crippen molar-refractivity contribution < 1.29 is 37.1 Å². The van der Waals surface area contributed by atoms with Gasteiger partial charge in [0.05, 0.1) is 13.7 Å². The van der Waals surface area contributed by atoms with Gasteiger partial charge in [-0.3, -0.25) is 23.7 Å². The van der Waals surface area contributed by atoms with E-state index in [4.69, 9.17) is 27.7 Å². The van der Waals surface area contributed by atoms with E-state index in [2.05, 4.69) is 10.2 Å². The Labute approximate surface area is 271 Å². The molecule has 0 amide bonds. The molecule has 15 nitrogen and oxygen atoms in total. The molecule has 1 aromatic heterocycles. The number of aryl methyl sites for hydroxylation is 2. The van der Waals surface area contributed by atoms with E-state index in [1.165, 1.54) is 25.3 Å². The molecule has 16 heteroatoms. The summed E-state index contributed by atoms with van der Waals surface area (Å²) >= 11 is 0. The summed E-state index contributed by atoms with van der Waals surface area (Å²) in [5.74, 6) is 1.29. The average Bonchev–Trinajstić information content (AvgIpc) is 3.47. The molecule has 2 aliphatic heterocycles. The molecule has 3 heterocycles. The topological polar surface area (TPSA) is 198 Å². The maximum Gasteiger partial charge on any atom is 0.475 e. The number of hydrogen-bond donors (Lipinski definition) is 2. The molecule has 0 spiro atoms. The zero-order chi connectivity index (χ0) is 34.2. The average molecular weight is 680 g/mol. The van der Waals surface area contributed by atoms with E-state index in [0.29, 0.717) is 17.1 Å². The number of methoxy groups -OCH3 is 1. The van der Waals surface area contributed by atoms with Crippen LogP contribution in [-0.4, -0.2) is 47.1 Å². The normalized spacial score (nSPS) is 19.0. The van der Waals surface area contributed by atoms with Gasteiger partial charge in [0.15, 0.2) is 12.2 Å². The van der Waals surface area contributed by atoms with Crippen LogP contribution >= 0.6 is 7.82 Å². The lowest BCUT2D eigenvalue weighted by Gasteiger charge is -2.19. The molecule has 0 bridgehead atoms. The molecule has 4 atom stereocenters. The summed E-state index contributed by atoms with van der Waals surface area (Å²) in [5.41, 5.74) is 2.52. The van der Waals surface area contributed by atoms with Crippen LogP contribution < -0.4 is 26.2 Å². The van der Waals surface area contributed by atoms with E-state index < -0.39 is 50.8 Å². The zero-order valence-corrected chi connectivity index (χ0v) is 26.8. The van der Waals surface area contributed by atoms with Gasteiger partial charge in [-0.05, 0) is 61.4 Å². The van der Waals surface area contributed by atoms with E-state index in [9.17, 15) is 28.7 Å². The molecule has 48 heavy (non-hydrogen) atoms. The largest absolute Gasteiger partial charge is 0.497 e. The Bertz CT molecular complexity index is 2210. The van der Waals surface area contributed by atoms with Crippen LogP contribution in [0.15, 0.2) is 84.8 Å². The van der Waals surface area contributed by atoms with Crippen LogP contribution in [-0.2, 0) is 18.3 Å². The van der Waals surface area contributed by atoms with Crippen LogP contribution in [0.5, 0.6) is 11.5 Å². The molecule has 3 aromatic rings. The summed E-state index contributed by atoms with van der Waals surface area (Å²) < 4.78 is 46.5. The van der Waals surface area contributed by atoms with E-state index in [0.717, 1.165) is 32.2 Å². The molecule has 3 aliphatic rings. The number of nitroso groups, excluding NO2 is 1. The van der Waals surface area contributed by atoms with Gasteiger partial charge in [0.25, 0.3) is 5.56 Å². The Morgan fingerprint density at radius 1 is 1.00 bits per heavy atom. The highest BCUT2D eigenvalue weighted by Gasteiger charge is 2.40. The summed E-state index contributed by atoms with van der Waals surface area (Å²) in [5, 5.41) is 3.72. The van der Waals surface area contributed by atoms with Crippen molar-refractivity contribution in [1.29, 1.82) is 0 Å². The van der Waals surface area contributed by atoms with Gasteiger partial charge < -0.3 is 23.5 Å². The first-order valence-electron chi connectivity index (χ1n) is 14.7. The molecule has 2 aromatic carbocycles. The minimum Gasteiger partial charge on any atom is -0.497 e. The lowest BCUT2D eigenvalue weighted by atomic mass is 9.91. The van der Waals surface area contributed by atoms with Gasteiger partial charge in [0, 0.05) is 46.8 Å². The number of benzene rings is 3. The molecule has 0 saturated carbocycles. The molecule has 250 valence electrons. The summed E-state index contributed by atoms with van der Waals surface area (Å²) in [7, 11) is -3.13. The second-order valence-electron chi connectivity index (χ2n) is 11.1. The second-order valence-corrected chi connectivity index (χ2v) is 12.6. The highest BCUT2D eigenvalue weighted by molar-refractivity contribution is 7.47. The van der Waals surface area contributed by atoms with E-state index in [-0.39, 0.29) is 23.2 Å². The van der Waals surface area contributed by atoms with Crippen molar-refractivity contribution >= 4 is 18.8 Å². The number of hydrogen-bond acceptors (Lipinski definition) is 12. The summed E-state index contributed by atoms with van der Waals surface area (Å²) in [4.78, 5) is 60.0. The fourth-order valence-corrected chi connectivity index (χ4v) is 6.18. The first kappa shape index (κ1) is 33.0. The number of fused-ring (bicyclic) bond motifs is 2. The van der Waals surface area contributed by atoms with Crippen LogP contribution in [0.3, 0.4) is 0 Å². The van der Waals surface area contributed by atoms with Gasteiger partial charge in [-0.2, -0.15) is 4.91 Å². The third kappa shape index (κ3) is 6.72. The van der Waals surface area contributed by atoms with Gasteiger partial charge in [-0.15, -0.1) is 0 Å². The van der Waals surface area contributed by atoms with Gasteiger partial charge in [-0.25, -0.2) is 13.9 Å². The number of rotatable bonds is 11. The first-order chi connectivity index (χ1) is 23.0. The van der Waals surface area contributed by atoms with E-state index in [1.807, 2.05) is 25.1 Å². The predicted molar refractivity (Wildman–Crippen MR) is 172 cm³/mol. The maximum atomic E-state index is 12.6. The van der Waals surface area contributed by atoms with Crippen LogP contribution in [0.2, 0.25) is 0 Å². The quantitative estimate of drug-likeness (QED) is 0.0851. The highest BCUT2D eigenvalue weighted by atomic mass is 31.2. The predicted octanol–water partition coefficient (Wildman–Crippen LogP) is 4.63. The Morgan fingerprint density at radius 2 is 1.77 bits per heavy atom. The molecule has 1 fully saturated rings. The number of nitrogens with zero attached hydrogens (tertiary/aromatic N) is 2. The number of phosphoric acid groups is 1. The molecular weight excluding hydrogens is 649 g/mol. The van der Waals surface area contributed by atoms with Gasteiger partial charge in [0.1, 0.15) is 41.2 Å². The minimum absolute atomic E-state index is 0.0270. The number of phosphoric ester groups is 1. The highest BCUT2D eigenvalue weighted by Crippen LogP contribution is 2.45. The summed E-state index contributed by atoms with van der Waals surface area (Å²) in [6.45, 7) is 2.19. The monoisotopic (exact) mass is 679 g/mol. The summed E-state index contributed by atoms with van der Waals surface area (Å²) in [6, 6.07) is 14.2. The van der Waals surface area contributed by atoms with Crippen LogP contribution in [0.1, 0.15) is 23.8 Å². The number of nitrogens with one attached hydrogen (secondary N) is 1. The number of H-pyrrole nitrogens is 1. The first-order valence-corrected chi connectivity index (χ1v) is 16.2. The molecule has 2 N–H and O–H groups in total. The van der Waals surface area contributed by atoms with Crippen LogP contribution in [0.4, 0.5) is 0 Å². The van der Waals surface area contributed by atoms with Crippen molar-refractivity contribution in [2.75, 3.05) is 20.5 Å². The van der Waals surface area contributed by atoms with Crippen LogP contribution in [0, 0.1) is 18.8 Å². The van der Waals surface area contributed by atoms with Gasteiger partial charge in [0.2, 0.25) is 0 Å². The van der Waals surface area contributed by atoms with Gasteiger partial charge >= 0.3 is 13.5 Å². The molecule has 0 radical (unpaired) electrons.